The number of hydrogen-bond donors (Lipinski definition) is 1. The predicted molar refractivity (Wildman–Crippen MR) is 63.1 cm³/mol. The summed E-state index contributed by atoms with van der Waals surface area (Å²) in [6.45, 7) is 6.76. The molecule has 0 radical (unpaired) electrons. The Kier molecular flexibility index (Phi) is 2.81. The molecule has 88 valence electrons. The minimum atomic E-state index is -0.394. The molecule has 2 rings (SSSR count). The fourth-order valence-electron chi connectivity index (χ4n) is 1.79. The van der Waals surface area contributed by atoms with Crippen LogP contribution < -0.4 is 10.2 Å². The molecule has 1 aliphatic heterocycles. The van der Waals surface area contributed by atoms with Gasteiger partial charge in [-0.2, -0.15) is 0 Å². The number of anilines is 1. The van der Waals surface area contributed by atoms with Crippen LogP contribution in [0.3, 0.4) is 0 Å². The minimum Gasteiger partial charge on any atom is -0.345 e. The third-order valence-electron chi connectivity index (χ3n) is 2.50. The predicted octanol–water partition coefficient (Wildman–Crippen LogP) is 1.24. The average Bonchev–Trinajstić information content (AvgIpc) is 2.64. The Balaban J connectivity index is 2.14. The maximum absolute atomic E-state index is 10.6. The largest absolute Gasteiger partial charge is 0.345 e. The van der Waals surface area contributed by atoms with Crippen LogP contribution in [0.4, 0.5) is 10.1 Å². The van der Waals surface area contributed by atoms with Crippen molar-refractivity contribution in [1.82, 2.24) is 10.3 Å². The summed E-state index contributed by atoms with van der Waals surface area (Å²) in [7, 11) is 0. The highest BCUT2D eigenvalue weighted by atomic mass is 32.1. The summed E-state index contributed by atoms with van der Waals surface area (Å²) in [6.07, 6.45) is 1.33. The average molecular weight is 242 g/mol. The molecule has 7 heteroatoms. The third kappa shape index (κ3) is 2.30. The van der Waals surface area contributed by atoms with Gasteiger partial charge in [0, 0.05) is 25.2 Å². The zero-order chi connectivity index (χ0) is 11.8. The summed E-state index contributed by atoms with van der Waals surface area (Å²) in [5.41, 5.74) is 0.0265. The van der Waals surface area contributed by atoms with Gasteiger partial charge >= 0.3 is 5.00 Å². The van der Waals surface area contributed by atoms with Gasteiger partial charge in [0.2, 0.25) is 0 Å². The van der Waals surface area contributed by atoms with Crippen LogP contribution in [0.5, 0.6) is 0 Å². The molecule has 2 heterocycles. The van der Waals surface area contributed by atoms with Gasteiger partial charge in [0.15, 0.2) is 5.13 Å². The van der Waals surface area contributed by atoms with E-state index >= 15 is 0 Å². The van der Waals surface area contributed by atoms with E-state index in [1.807, 2.05) is 0 Å². The molecule has 0 unspecified atom stereocenters. The molecule has 0 aromatic carbocycles. The summed E-state index contributed by atoms with van der Waals surface area (Å²) in [6, 6.07) is 0. The molecule has 0 amide bonds. The summed E-state index contributed by atoms with van der Waals surface area (Å²) in [4.78, 5) is 16.4. The maximum Gasteiger partial charge on any atom is 0.345 e. The molecule has 1 aromatic heterocycles. The number of thiazole rings is 1. The molecule has 0 atom stereocenters. The fourth-order valence-corrected chi connectivity index (χ4v) is 2.55. The van der Waals surface area contributed by atoms with E-state index in [1.165, 1.54) is 6.20 Å². The van der Waals surface area contributed by atoms with Crippen molar-refractivity contribution in [3.05, 3.63) is 16.3 Å². The van der Waals surface area contributed by atoms with Gasteiger partial charge in [-0.25, -0.2) is 4.98 Å². The maximum atomic E-state index is 10.6. The van der Waals surface area contributed by atoms with Crippen LogP contribution in [0.2, 0.25) is 0 Å². The SMILES string of the molecule is CC1(C)CN(c2ncc([N+](=O)[O-])s2)CCN1. The number of piperazine rings is 1. The minimum absolute atomic E-state index is 0.0265. The highest BCUT2D eigenvalue weighted by Gasteiger charge is 2.28. The molecule has 0 bridgehead atoms. The lowest BCUT2D eigenvalue weighted by atomic mass is 10.0. The van der Waals surface area contributed by atoms with Crippen molar-refractivity contribution in [1.29, 1.82) is 0 Å². The van der Waals surface area contributed by atoms with Crippen LogP contribution in [0.25, 0.3) is 0 Å². The van der Waals surface area contributed by atoms with Crippen LogP contribution in [-0.4, -0.2) is 35.1 Å². The first-order valence-corrected chi connectivity index (χ1v) is 5.90. The van der Waals surface area contributed by atoms with Crippen LogP contribution in [0.15, 0.2) is 6.20 Å². The first-order valence-electron chi connectivity index (χ1n) is 5.08. The lowest BCUT2D eigenvalue weighted by Crippen LogP contribution is -2.57. The van der Waals surface area contributed by atoms with Crippen LogP contribution in [0.1, 0.15) is 13.8 Å². The van der Waals surface area contributed by atoms with Crippen molar-refractivity contribution >= 4 is 21.5 Å². The Labute approximate surface area is 97.4 Å². The number of nitrogens with one attached hydrogen (secondary N) is 1. The molecule has 1 saturated heterocycles. The van der Waals surface area contributed by atoms with E-state index in [0.29, 0.717) is 0 Å². The van der Waals surface area contributed by atoms with Crippen molar-refractivity contribution < 1.29 is 4.92 Å². The van der Waals surface area contributed by atoms with Gasteiger partial charge in [0.25, 0.3) is 0 Å². The molecule has 16 heavy (non-hydrogen) atoms. The van der Waals surface area contributed by atoms with E-state index in [2.05, 4.69) is 29.0 Å². The van der Waals surface area contributed by atoms with Crippen molar-refractivity contribution in [2.45, 2.75) is 19.4 Å². The monoisotopic (exact) mass is 242 g/mol. The molecule has 1 N–H and O–H groups in total. The van der Waals surface area contributed by atoms with Gasteiger partial charge in [0.05, 0.1) is 4.92 Å². The van der Waals surface area contributed by atoms with Gasteiger partial charge in [-0.3, -0.25) is 10.1 Å². The Morgan fingerprint density at radius 2 is 2.44 bits per heavy atom. The Bertz CT molecular complexity index is 404. The summed E-state index contributed by atoms with van der Waals surface area (Å²) >= 11 is 1.14. The molecule has 0 spiro atoms. The zero-order valence-corrected chi connectivity index (χ0v) is 10.1. The molecule has 1 aliphatic rings. The van der Waals surface area contributed by atoms with Gasteiger partial charge < -0.3 is 10.2 Å². The Morgan fingerprint density at radius 3 is 3.00 bits per heavy atom. The van der Waals surface area contributed by atoms with Crippen molar-refractivity contribution in [3.8, 4) is 0 Å². The van der Waals surface area contributed by atoms with E-state index in [1.54, 1.807) is 0 Å². The van der Waals surface area contributed by atoms with Crippen LogP contribution in [-0.2, 0) is 0 Å². The molecule has 0 saturated carbocycles. The summed E-state index contributed by atoms with van der Waals surface area (Å²) in [5, 5.41) is 14.8. The molecule has 1 aromatic rings. The van der Waals surface area contributed by atoms with Crippen molar-refractivity contribution in [3.63, 3.8) is 0 Å². The second-order valence-electron chi connectivity index (χ2n) is 4.47. The topological polar surface area (TPSA) is 71.3 Å². The number of nitro groups is 1. The second kappa shape index (κ2) is 3.99. The highest BCUT2D eigenvalue weighted by molar-refractivity contribution is 7.18. The summed E-state index contributed by atoms with van der Waals surface area (Å²) in [5.74, 6) is 0. The van der Waals surface area contributed by atoms with Gasteiger partial charge in [-0.1, -0.05) is 0 Å². The van der Waals surface area contributed by atoms with Crippen molar-refractivity contribution in [2.24, 2.45) is 0 Å². The highest BCUT2D eigenvalue weighted by Crippen LogP contribution is 2.29. The van der Waals surface area contributed by atoms with Gasteiger partial charge in [-0.15, -0.1) is 0 Å². The molecular formula is C9H14N4O2S. The Hall–Kier alpha value is -1.21. The normalized spacial score (nSPS) is 19.8. The van der Waals surface area contributed by atoms with E-state index in [0.717, 1.165) is 36.1 Å². The van der Waals surface area contributed by atoms with Crippen LogP contribution in [0, 0.1) is 10.1 Å². The third-order valence-corrected chi connectivity index (χ3v) is 3.51. The van der Waals surface area contributed by atoms with Gasteiger partial charge in [-0.05, 0) is 25.2 Å². The molecule has 6 nitrogen and oxygen atoms in total. The van der Waals surface area contributed by atoms with E-state index < -0.39 is 4.92 Å². The number of aromatic nitrogens is 1. The standard InChI is InChI=1S/C9H14N4O2S/c1-9(2)6-12(4-3-11-9)8-10-5-7(16-8)13(14)15/h5,11H,3-4,6H2,1-2H3. The first-order chi connectivity index (χ1) is 7.48. The lowest BCUT2D eigenvalue weighted by Gasteiger charge is -2.38. The second-order valence-corrected chi connectivity index (χ2v) is 5.46. The molecular weight excluding hydrogens is 228 g/mol. The quantitative estimate of drug-likeness (QED) is 0.624. The Morgan fingerprint density at radius 1 is 1.69 bits per heavy atom. The summed E-state index contributed by atoms with van der Waals surface area (Å²) < 4.78 is 0. The fraction of sp³-hybridized carbons (Fsp3) is 0.667. The smallest absolute Gasteiger partial charge is 0.345 e. The lowest BCUT2D eigenvalue weighted by molar-refractivity contribution is -0.380. The van der Waals surface area contributed by atoms with E-state index in [9.17, 15) is 10.1 Å². The number of nitrogens with zero attached hydrogens (tertiary/aromatic N) is 3. The van der Waals surface area contributed by atoms with Gasteiger partial charge in [0.1, 0.15) is 6.20 Å². The molecule has 1 fully saturated rings. The van der Waals surface area contributed by atoms with E-state index in [4.69, 9.17) is 0 Å². The number of hydrogen-bond acceptors (Lipinski definition) is 6. The van der Waals surface area contributed by atoms with Crippen LogP contribution >= 0.6 is 11.3 Å². The molecule has 0 aliphatic carbocycles. The number of rotatable bonds is 2. The zero-order valence-electron chi connectivity index (χ0n) is 9.27. The first kappa shape index (κ1) is 11.3. The van der Waals surface area contributed by atoms with Crippen molar-refractivity contribution in [2.75, 3.05) is 24.5 Å². The van der Waals surface area contributed by atoms with E-state index in [-0.39, 0.29) is 10.5 Å².